The van der Waals surface area contributed by atoms with Crippen molar-refractivity contribution in [1.82, 2.24) is 0 Å². The second-order valence-corrected chi connectivity index (χ2v) is 0.952. The normalized spacial score (nSPS) is 10.1. The minimum absolute atomic E-state index is 1.14. The molecule has 4 nitrogen and oxygen atoms in total. The van der Waals surface area contributed by atoms with Gasteiger partial charge in [-0.05, 0) is 17.6 Å². The van der Waals surface area contributed by atoms with Gasteiger partial charge in [0.2, 0.25) is 0 Å². The first kappa shape index (κ1) is 6.72. The highest BCUT2D eigenvalue weighted by molar-refractivity contribution is 5.55. The van der Waals surface area contributed by atoms with E-state index in [1.807, 2.05) is 6.92 Å². The summed E-state index contributed by atoms with van der Waals surface area (Å²) in [5.41, 5.74) is 7.71. The molecule has 0 aliphatic rings. The van der Waals surface area contributed by atoms with E-state index in [0.717, 1.165) is 6.34 Å². The monoisotopic (exact) mass is 110 g/mol. The Morgan fingerprint density at radius 2 is 2.38 bits per heavy atom. The number of rotatable bonds is 2. The highest BCUT2D eigenvalue weighted by atomic mass is 15.1. The number of nitrogens with zero attached hydrogens (tertiary/aromatic N) is 4. The topological polar surface area (TPSA) is 61.1 Å². The van der Waals surface area contributed by atoms with E-state index in [1.54, 1.807) is 6.08 Å². The summed E-state index contributed by atoms with van der Waals surface area (Å²) >= 11 is 0. The molecule has 0 amide bonds. The van der Waals surface area contributed by atoms with Crippen LogP contribution in [0, 0.1) is 0 Å². The number of hydrogen-bond donors (Lipinski definition) is 0. The zero-order valence-electron chi connectivity index (χ0n) is 4.52. The molecule has 0 atom stereocenters. The van der Waals surface area contributed by atoms with Crippen LogP contribution >= 0.6 is 0 Å². The van der Waals surface area contributed by atoms with E-state index in [9.17, 15) is 0 Å². The van der Waals surface area contributed by atoms with Crippen LogP contribution in [0.2, 0.25) is 0 Å². The third-order valence-electron chi connectivity index (χ3n) is 0.405. The van der Waals surface area contributed by atoms with Gasteiger partial charge in [-0.3, -0.25) is 4.99 Å². The highest BCUT2D eigenvalue weighted by Gasteiger charge is 1.55. The lowest BCUT2D eigenvalue weighted by Crippen LogP contribution is -1.54. The van der Waals surface area contributed by atoms with Crippen molar-refractivity contribution in [3.63, 3.8) is 0 Å². The summed E-state index contributed by atoms with van der Waals surface area (Å²) in [5, 5.41) is 3.05. The summed E-state index contributed by atoms with van der Waals surface area (Å²) in [4.78, 5) is 6.00. The summed E-state index contributed by atoms with van der Waals surface area (Å²) in [7, 11) is 0. The molecule has 0 heterocycles. The zero-order chi connectivity index (χ0) is 6.24. The van der Waals surface area contributed by atoms with Gasteiger partial charge in [-0.25, -0.2) is 0 Å². The van der Waals surface area contributed by atoms with Gasteiger partial charge in [-0.2, -0.15) is 0 Å². The third kappa shape index (κ3) is 4.72. The molecule has 0 spiro atoms. The molecule has 0 bridgehead atoms. The van der Waals surface area contributed by atoms with Crippen LogP contribution < -0.4 is 0 Å². The molecule has 0 unspecified atom stereocenters. The van der Waals surface area contributed by atoms with Crippen molar-refractivity contribution in [3.8, 4) is 0 Å². The molecule has 0 fully saturated rings. The fourth-order valence-corrected chi connectivity index (χ4v) is 0.177. The molecule has 0 aliphatic heterocycles. The Morgan fingerprint density at radius 3 is 2.88 bits per heavy atom. The van der Waals surface area contributed by atoms with Gasteiger partial charge in [0.25, 0.3) is 0 Å². The van der Waals surface area contributed by atoms with Gasteiger partial charge >= 0.3 is 0 Å². The lowest BCUT2D eigenvalue weighted by molar-refractivity contribution is 1.50. The maximum Gasteiger partial charge on any atom is 0.0900 e. The minimum Gasteiger partial charge on any atom is -0.263 e. The Hall–Kier alpha value is -1.28. The van der Waals surface area contributed by atoms with Gasteiger partial charge in [0.05, 0.1) is 6.34 Å². The van der Waals surface area contributed by atoms with Gasteiger partial charge < -0.3 is 0 Å². The van der Waals surface area contributed by atoms with Crippen molar-refractivity contribution in [2.75, 3.05) is 0 Å². The van der Waals surface area contributed by atoms with Crippen LogP contribution in [0.25, 0.3) is 10.4 Å². The first-order valence-electron chi connectivity index (χ1n) is 2.09. The van der Waals surface area contributed by atoms with Crippen molar-refractivity contribution in [1.29, 1.82) is 0 Å². The van der Waals surface area contributed by atoms with Crippen molar-refractivity contribution >= 4 is 6.34 Å². The summed E-state index contributed by atoms with van der Waals surface area (Å²) in [6, 6.07) is 0. The maximum absolute atomic E-state index is 7.71. The summed E-state index contributed by atoms with van der Waals surface area (Å²) in [5.74, 6) is 0. The van der Waals surface area contributed by atoms with Gasteiger partial charge in [-0.1, -0.05) is 6.08 Å². The lowest BCUT2D eigenvalue weighted by Gasteiger charge is -1.66. The Bertz CT molecular complexity index is 140. The second-order valence-electron chi connectivity index (χ2n) is 0.952. The van der Waals surface area contributed by atoms with E-state index in [-0.39, 0.29) is 0 Å². The Labute approximate surface area is 47.2 Å². The molecular formula is C4H6N4. The molecule has 0 aromatic rings. The lowest BCUT2D eigenvalue weighted by atomic mass is 10.7. The first-order chi connectivity index (χ1) is 3.91. The Kier molecular flexibility index (Phi) is 4.80. The van der Waals surface area contributed by atoms with Gasteiger partial charge in [0.15, 0.2) is 0 Å². The quantitative estimate of drug-likeness (QED) is 0.171. The molecular weight excluding hydrogens is 104 g/mol. The molecule has 0 aromatic carbocycles. The molecule has 0 rings (SSSR count). The molecule has 0 N–H and O–H groups in total. The van der Waals surface area contributed by atoms with E-state index in [1.165, 1.54) is 6.20 Å². The predicted octanol–water partition coefficient (Wildman–Crippen LogP) is 1.86. The Balaban J connectivity index is 3.50. The number of aliphatic imine (C=N–C) groups is 1. The predicted molar refractivity (Wildman–Crippen MR) is 32.5 cm³/mol. The van der Waals surface area contributed by atoms with Crippen molar-refractivity contribution in [2.24, 2.45) is 10.1 Å². The first-order valence-corrected chi connectivity index (χ1v) is 2.09. The standard InChI is InChI=1S/C4H6N4/c1-2-3-6-4-7-8-5/h2-4H,1H3/b3-2-,6-4?. The maximum atomic E-state index is 7.71. The average Bonchev–Trinajstić information content (AvgIpc) is 1.81. The van der Waals surface area contributed by atoms with Crippen LogP contribution in [0.3, 0.4) is 0 Å². The Morgan fingerprint density at radius 1 is 1.62 bits per heavy atom. The van der Waals surface area contributed by atoms with Crippen LogP contribution in [-0.4, -0.2) is 6.34 Å². The number of allylic oxidation sites excluding steroid dienone is 1. The molecule has 0 saturated carbocycles. The fraction of sp³-hybridized carbons (Fsp3) is 0.250. The molecule has 0 saturated heterocycles. The van der Waals surface area contributed by atoms with E-state index in [2.05, 4.69) is 15.0 Å². The van der Waals surface area contributed by atoms with Crippen molar-refractivity contribution in [2.45, 2.75) is 6.92 Å². The molecule has 0 radical (unpaired) electrons. The number of hydrogen-bond acceptors (Lipinski definition) is 1. The molecule has 8 heavy (non-hydrogen) atoms. The van der Waals surface area contributed by atoms with Gasteiger partial charge in [-0.15, -0.1) is 0 Å². The van der Waals surface area contributed by atoms with Crippen LogP contribution in [0.4, 0.5) is 0 Å². The molecule has 42 valence electrons. The molecule has 0 aliphatic carbocycles. The summed E-state index contributed by atoms with van der Waals surface area (Å²) in [6.07, 6.45) is 4.41. The van der Waals surface area contributed by atoms with Crippen LogP contribution in [-0.2, 0) is 0 Å². The van der Waals surface area contributed by atoms with Crippen LogP contribution in [0.1, 0.15) is 6.92 Å². The van der Waals surface area contributed by atoms with E-state index in [4.69, 9.17) is 5.53 Å². The van der Waals surface area contributed by atoms with Crippen molar-refractivity contribution < 1.29 is 0 Å². The fourth-order valence-electron chi connectivity index (χ4n) is 0.177. The van der Waals surface area contributed by atoms with Crippen molar-refractivity contribution in [3.05, 3.63) is 22.7 Å². The number of azide groups is 1. The largest absolute Gasteiger partial charge is 0.263 e. The van der Waals surface area contributed by atoms with E-state index in [0.29, 0.717) is 0 Å². The second kappa shape index (κ2) is 5.72. The average molecular weight is 110 g/mol. The smallest absolute Gasteiger partial charge is 0.0900 e. The highest BCUT2D eigenvalue weighted by Crippen LogP contribution is 1.70. The SMILES string of the molecule is C/C=C\N=CN=[N+]=[N-]. The zero-order valence-corrected chi connectivity index (χ0v) is 4.52. The minimum atomic E-state index is 1.14. The molecule has 0 aromatic heterocycles. The summed E-state index contributed by atoms with van der Waals surface area (Å²) < 4.78 is 0. The van der Waals surface area contributed by atoms with Crippen LogP contribution in [0.15, 0.2) is 22.4 Å². The van der Waals surface area contributed by atoms with Crippen LogP contribution in [0.5, 0.6) is 0 Å². The third-order valence-corrected chi connectivity index (χ3v) is 0.405. The van der Waals surface area contributed by atoms with E-state index < -0.39 is 0 Å². The van der Waals surface area contributed by atoms with Gasteiger partial charge in [0, 0.05) is 11.1 Å². The van der Waals surface area contributed by atoms with E-state index >= 15 is 0 Å². The van der Waals surface area contributed by atoms with Gasteiger partial charge in [0.1, 0.15) is 0 Å². The molecule has 4 heteroatoms. The summed E-state index contributed by atoms with van der Waals surface area (Å²) in [6.45, 7) is 1.83.